The van der Waals surface area contributed by atoms with Crippen LogP contribution in [0.5, 0.6) is 0 Å². The Labute approximate surface area is 114 Å². The van der Waals surface area contributed by atoms with Crippen LogP contribution in [-0.2, 0) is 14.3 Å². The van der Waals surface area contributed by atoms with Crippen molar-refractivity contribution in [2.75, 3.05) is 6.61 Å². The number of hydrogen-bond acceptors (Lipinski definition) is 6. The van der Waals surface area contributed by atoms with Gasteiger partial charge in [0.25, 0.3) is 5.56 Å². The Bertz CT molecular complexity index is 619. The highest BCUT2D eigenvalue weighted by atomic mass is 16.6. The Hall–Kier alpha value is -1.93. The monoisotopic (exact) mass is 284 g/mol. The van der Waals surface area contributed by atoms with Crippen LogP contribution in [0.1, 0.15) is 25.1 Å². The number of esters is 1. The van der Waals surface area contributed by atoms with Crippen molar-refractivity contribution in [1.29, 1.82) is 0 Å². The summed E-state index contributed by atoms with van der Waals surface area (Å²) in [7, 11) is 0. The van der Waals surface area contributed by atoms with Gasteiger partial charge in [0.15, 0.2) is 0 Å². The second kappa shape index (κ2) is 5.59. The van der Waals surface area contributed by atoms with Gasteiger partial charge in [0.05, 0.1) is 6.61 Å². The number of carbonyl (C=O) groups excluding carboxylic acids is 1. The van der Waals surface area contributed by atoms with Crippen LogP contribution >= 0.6 is 0 Å². The van der Waals surface area contributed by atoms with Crippen LogP contribution in [0.25, 0.3) is 0 Å². The quantitative estimate of drug-likeness (QED) is 0.693. The maximum atomic E-state index is 11.8. The number of nitrogens with one attached hydrogen (secondary N) is 1. The van der Waals surface area contributed by atoms with E-state index in [9.17, 15) is 19.5 Å². The number of aromatic amines is 1. The number of rotatable bonds is 3. The van der Waals surface area contributed by atoms with Gasteiger partial charge >= 0.3 is 11.7 Å². The second-order valence-electron chi connectivity index (χ2n) is 4.67. The van der Waals surface area contributed by atoms with Gasteiger partial charge in [-0.3, -0.25) is 19.1 Å². The predicted octanol–water partition coefficient (Wildman–Crippen LogP) is -0.943. The number of ether oxygens (including phenoxy) is 2. The molecule has 0 saturated carbocycles. The Balaban J connectivity index is 2.27. The zero-order chi connectivity index (χ0) is 14.9. The number of aryl methyl sites for hydroxylation is 1. The molecule has 1 aromatic rings. The lowest BCUT2D eigenvalue weighted by atomic mass is 10.2. The normalized spacial score (nSPS) is 25.6. The molecule has 0 spiro atoms. The summed E-state index contributed by atoms with van der Waals surface area (Å²) in [6, 6.07) is 0. The van der Waals surface area contributed by atoms with Gasteiger partial charge in [-0.1, -0.05) is 0 Å². The lowest BCUT2D eigenvalue weighted by Gasteiger charge is -2.15. The minimum Gasteiger partial charge on any atom is -0.460 e. The van der Waals surface area contributed by atoms with Gasteiger partial charge in [-0.15, -0.1) is 0 Å². The third-order valence-electron chi connectivity index (χ3n) is 3.13. The summed E-state index contributed by atoms with van der Waals surface area (Å²) < 4.78 is 11.8. The van der Waals surface area contributed by atoms with Gasteiger partial charge in [0.1, 0.15) is 18.4 Å². The first kappa shape index (κ1) is 14.5. The first-order chi connectivity index (χ1) is 9.42. The van der Waals surface area contributed by atoms with Crippen LogP contribution in [-0.4, -0.2) is 39.4 Å². The van der Waals surface area contributed by atoms with E-state index in [1.54, 1.807) is 6.92 Å². The summed E-state index contributed by atoms with van der Waals surface area (Å²) in [6.07, 6.45) is -0.392. The van der Waals surface area contributed by atoms with Crippen LogP contribution in [0.2, 0.25) is 0 Å². The van der Waals surface area contributed by atoms with Gasteiger partial charge in [0.2, 0.25) is 0 Å². The van der Waals surface area contributed by atoms with Crippen molar-refractivity contribution < 1.29 is 19.4 Å². The van der Waals surface area contributed by atoms with Crippen LogP contribution in [0.3, 0.4) is 0 Å². The van der Waals surface area contributed by atoms with Gasteiger partial charge in [-0.05, 0) is 6.92 Å². The summed E-state index contributed by atoms with van der Waals surface area (Å²) in [6.45, 7) is 2.50. The molecule has 3 atom stereocenters. The number of hydrogen-bond donors (Lipinski definition) is 2. The SMILES string of the molecule is CC(=O)O[C@@H]1C[C@H](n2cc(C)c(=O)[nH]c2=O)O[C@@H]1CO. The lowest BCUT2D eigenvalue weighted by molar-refractivity contribution is -0.150. The number of aromatic nitrogens is 2. The summed E-state index contributed by atoms with van der Waals surface area (Å²) in [5.74, 6) is -0.484. The van der Waals surface area contributed by atoms with Crippen molar-refractivity contribution in [1.82, 2.24) is 9.55 Å². The van der Waals surface area contributed by atoms with E-state index >= 15 is 0 Å². The van der Waals surface area contributed by atoms with Crippen LogP contribution < -0.4 is 11.2 Å². The largest absolute Gasteiger partial charge is 0.460 e. The molecule has 1 saturated heterocycles. The molecule has 1 fully saturated rings. The standard InChI is InChI=1S/C12H16N2O6/c1-6-4-14(12(18)13-11(6)17)10-3-8(19-7(2)16)9(5-15)20-10/h4,8-10,15H,3,5H2,1-2H3,(H,13,17,18)/t8-,9-,10-/m1/s1. The molecule has 0 aliphatic carbocycles. The fraction of sp³-hybridized carbons (Fsp3) is 0.583. The smallest absolute Gasteiger partial charge is 0.330 e. The van der Waals surface area contributed by atoms with Crippen molar-refractivity contribution in [3.05, 3.63) is 32.6 Å². The van der Waals surface area contributed by atoms with Gasteiger partial charge < -0.3 is 14.6 Å². The van der Waals surface area contributed by atoms with E-state index in [1.165, 1.54) is 17.7 Å². The minimum atomic E-state index is -0.695. The second-order valence-corrected chi connectivity index (χ2v) is 4.67. The van der Waals surface area contributed by atoms with Crippen molar-refractivity contribution in [3.8, 4) is 0 Å². The molecular weight excluding hydrogens is 268 g/mol. The number of H-pyrrole nitrogens is 1. The molecule has 110 valence electrons. The van der Waals surface area contributed by atoms with E-state index in [0.29, 0.717) is 5.56 Å². The molecule has 2 N–H and O–H groups in total. The Kier molecular flexibility index (Phi) is 4.05. The maximum absolute atomic E-state index is 11.8. The molecule has 1 aliphatic rings. The molecular formula is C12H16N2O6. The molecule has 20 heavy (non-hydrogen) atoms. The molecule has 0 amide bonds. The highest BCUT2D eigenvalue weighted by Gasteiger charge is 2.38. The molecule has 8 heteroatoms. The fourth-order valence-electron chi connectivity index (χ4n) is 2.17. The Morgan fingerprint density at radius 2 is 2.30 bits per heavy atom. The number of aliphatic hydroxyl groups excluding tert-OH is 1. The van der Waals surface area contributed by atoms with Crippen molar-refractivity contribution in [2.45, 2.75) is 38.7 Å². The fourth-order valence-corrected chi connectivity index (χ4v) is 2.17. The lowest BCUT2D eigenvalue weighted by Crippen LogP contribution is -2.33. The van der Waals surface area contributed by atoms with Gasteiger partial charge in [-0.25, -0.2) is 4.79 Å². The summed E-state index contributed by atoms with van der Waals surface area (Å²) in [5.41, 5.74) is -0.699. The minimum absolute atomic E-state index is 0.232. The average molecular weight is 284 g/mol. The molecule has 0 bridgehead atoms. The van der Waals surface area contributed by atoms with E-state index in [2.05, 4.69) is 4.98 Å². The topological polar surface area (TPSA) is 111 Å². The van der Waals surface area contributed by atoms with Gasteiger partial charge in [0, 0.05) is 25.1 Å². The first-order valence-corrected chi connectivity index (χ1v) is 6.18. The van der Waals surface area contributed by atoms with Gasteiger partial charge in [-0.2, -0.15) is 0 Å². The Morgan fingerprint density at radius 3 is 2.90 bits per heavy atom. The zero-order valence-electron chi connectivity index (χ0n) is 11.2. The number of aliphatic hydroxyl groups is 1. The van der Waals surface area contributed by atoms with E-state index < -0.39 is 35.7 Å². The molecule has 1 aliphatic heterocycles. The molecule has 1 aromatic heterocycles. The zero-order valence-corrected chi connectivity index (χ0v) is 11.2. The summed E-state index contributed by atoms with van der Waals surface area (Å²) in [4.78, 5) is 36.2. The van der Waals surface area contributed by atoms with E-state index in [1.807, 2.05) is 0 Å². The average Bonchev–Trinajstić information content (AvgIpc) is 2.75. The Morgan fingerprint density at radius 1 is 1.60 bits per heavy atom. The molecule has 0 radical (unpaired) electrons. The van der Waals surface area contributed by atoms with E-state index in [-0.39, 0.29) is 13.0 Å². The van der Waals surface area contributed by atoms with Crippen LogP contribution in [0, 0.1) is 6.92 Å². The molecule has 0 aromatic carbocycles. The summed E-state index contributed by atoms with van der Waals surface area (Å²) in [5, 5.41) is 9.22. The van der Waals surface area contributed by atoms with Crippen molar-refractivity contribution in [2.24, 2.45) is 0 Å². The molecule has 8 nitrogen and oxygen atoms in total. The maximum Gasteiger partial charge on any atom is 0.330 e. The van der Waals surface area contributed by atoms with E-state index in [4.69, 9.17) is 9.47 Å². The third-order valence-corrected chi connectivity index (χ3v) is 3.13. The van der Waals surface area contributed by atoms with E-state index in [0.717, 1.165) is 0 Å². The predicted molar refractivity (Wildman–Crippen MR) is 67.2 cm³/mol. The molecule has 2 rings (SSSR count). The van der Waals surface area contributed by atoms with Crippen LogP contribution in [0.15, 0.2) is 15.8 Å². The molecule has 0 unspecified atom stereocenters. The molecule has 2 heterocycles. The highest BCUT2D eigenvalue weighted by molar-refractivity contribution is 5.66. The first-order valence-electron chi connectivity index (χ1n) is 6.18. The number of nitrogens with zero attached hydrogens (tertiary/aromatic N) is 1. The van der Waals surface area contributed by atoms with Crippen LogP contribution in [0.4, 0.5) is 0 Å². The summed E-state index contributed by atoms with van der Waals surface area (Å²) >= 11 is 0. The third kappa shape index (κ3) is 2.81. The highest BCUT2D eigenvalue weighted by Crippen LogP contribution is 2.29. The van der Waals surface area contributed by atoms with Crippen molar-refractivity contribution >= 4 is 5.97 Å². The van der Waals surface area contributed by atoms with Crippen molar-refractivity contribution in [3.63, 3.8) is 0 Å². The number of carbonyl (C=O) groups is 1.